The minimum atomic E-state index is -3.22. The third-order valence-corrected chi connectivity index (χ3v) is 7.18. The number of carbonyl (C=O) groups is 1. The van der Waals surface area contributed by atoms with E-state index < -0.39 is 10.0 Å². The lowest BCUT2D eigenvalue weighted by Crippen LogP contribution is -2.39. The fourth-order valence-electron chi connectivity index (χ4n) is 4.09. The summed E-state index contributed by atoms with van der Waals surface area (Å²) in [7, 11) is -3.22. The van der Waals surface area contributed by atoms with Crippen molar-refractivity contribution in [2.24, 2.45) is 0 Å². The van der Waals surface area contributed by atoms with E-state index >= 15 is 0 Å². The van der Waals surface area contributed by atoms with Crippen molar-refractivity contribution in [1.82, 2.24) is 9.21 Å². The van der Waals surface area contributed by atoms with Crippen LogP contribution in [0.25, 0.3) is 0 Å². The summed E-state index contributed by atoms with van der Waals surface area (Å²) in [6, 6.07) is 5.62. The number of ether oxygens (including phenoxy) is 1. The summed E-state index contributed by atoms with van der Waals surface area (Å²) in [5.74, 6) is 1.05. The number of carbonyl (C=O) groups excluding carboxylic acids is 1. The van der Waals surface area contributed by atoms with Crippen molar-refractivity contribution in [2.75, 3.05) is 39.0 Å². The first-order valence-corrected chi connectivity index (χ1v) is 12.2. The van der Waals surface area contributed by atoms with Crippen LogP contribution in [0.5, 0.6) is 5.75 Å². The highest BCUT2D eigenvalue weighted by molar-refractivity contribution is 7.88. The molecule has 1 heterocycles. The predicted molar refractivity (Wildman–Crippen MR) is 110 cm³/mol. The molecule has 0 aromatic heterocycles. The Hall–Kier alpha value is -1.31. The topological polar surface area (TPSA) is 66.9 Å². The van der Waals surface area contributed by atoms with Gasteiger partial charge in [-0.1, -0.05) is 30.9 Å². The maximum atomic E-state index is 12.6. The van der Waals surface area contributed by atoms with Gasteiger partial charge in [-0.25, -0.2) is 12.7 Å². The molecule has 156 valence electrons. The molecule has 0 atom stereocenters. The molecule has 1 aromatic rings. The van der Waals surface area contributed by atoms with Gasteiger partial charge >= 0.3 is 0 Å². The molecule has 1 saturated carbocycles. The second-order valence-electron chi connectivity index (χ2n) is 7.70. The van der Waals surface area contributed by atoms with Gasteiger partial charge < -0.3 is 9.64 Å². The molecule has 3 rings (SSSR count). The average Bonchev–Trinajstić information content (AvgIpc) is 2.94. The molecule has 0 radical (unpaired) electrons. The van der Waals surface area contributed by atoms with Crippen molar-refractivity contribution in [3.63, 3.8) is 0 Å². The molecule has 0 unspecified atom stereocenters. The number of benzene rings is 1. The van der Waals surface area contributed by atoms with Crippen molar-refractivity contribution in [2.45, 2.75) is 44.4 Å². The largest absolute Gasteiger partial charge is 0.483 e. The van der Waals surface area contributed by atoms with Crippen LogP contribution in [0.1, 0.15) is 50.0 Å². The van der Waals surface area contributed by atoms with Gasteiger partial charge in [-0.3, -0.25) is 4.79 Å². The molecule has 0 bridgehead atoms. The van der Waals surface area contributed by atoms with E-state index in [0.29, 0.717) is 43.5 Å². The number of amides is 1. The number of nitrogens with zero attached hydrogens (tertiary/aromatic N) is 2. The number of halogens is 1. The second kappa shape index (κ2) is 9.46. The Morgan fingerprint density at radius 2 is 1.86 bits per heavy atom. The molecule has 1 aliphatic heterocycles. The van der Waals surface area contributed by atoms with Crippen molar-refractivity contribution >= 4 is 27.5 Å². The van der Waals surface area contributed by atoms with Crippen LogP contribution in [-0.4, -0.2) is 62.6 Å². The molecule has 6 nitrogen and oxygen atoms in total. The van der Waals surface area contributed by atoms with Gasteiger partial charge in [0.2, 0.25) is 10.0 Å². The van der Waals surface area contributed by atoms with Crippen LogP contribution in [0.4, 0.5) is 0 Å². The van der Waals surface area contributed by atoms with Crippen LogP contribution in [0.3, 0.4) is 0 Å². The van der Waals surface area contributed by atoms with E-state index in [1.165, 1.54) is 29.8 Å². The van der Waals surface area contributed by atoms with Crippen LogP contribution in [0.15, 0.2) is 18.2 Å². The van der Waals surface area contributed by atoms with Crippen LogP contribution in [-0.2, 0) is 14.8 Å². The maximum absolute atomic E-state index is 12.6. The average molecular weight is 429 g/mol. The molecular weight excluding hydrogens is 400 g/mol. The minimum absolute atomic E-state index is 0.0414. The summed E-state index contributed by atoms with van der Waals surface area (Å²) in [5.41, 5.74) is 1.10. The first kappa shape index (κ1) is 21.4. The van der Waals surface area contributed by atoms with Crippen molar-refractivity contribution in [3.8, 4) is 5.75 Å². The third-order valence-electron chi connectivity index (χ3n) is 5.64. The Balaban J connectivity index is 1.61. The third kappa shape index (κ3) is 5.61. The lowest BCUT2D eigenvalue weighted by molar-refractivity contribution is -0.133. The van der Waals surface area contributed by atoms with Gasteiger partial charge in [-0.15, -0.1) is 0 Å². The molecule has 8 heteroatoms. The van der Waals surface area contributed by atoms with E-state index in [1.807, 2.05) is 12.1 Å². The first-order chi connectivity index (χ1) is 13.3. The summed E-state index contributed by atoms with van der Waals surface area (Å²) in [6.07, 6.45) is 7.77. The molecule has 1 aromatic carbocycles. The van der Waals surface area contributed by atoms with E-state index in [-0.39, 0.29) is 12.5 Å². The predicted octanol–water partition coefficient (Wildman–Crippen LogP) is 3.26. The van der Waals surface area contributed by atoms with Gasteiger partial charge in [-0.05, 0) is 48.9 Å². The minimum Gasteiger partial charge on any atom is -0.483 e. The highest BCUT2D eigenvalue weighted by atomic mass is 35.5. The van der Waals surface area contributed by atoms with E-state index in [4.69, 9.17) is 16.3 Å². The summed E-state index contributed by atoms with van der Waals surface area (Å²) in [4.78, 5) is 14.3. The van der Waals surface area contributed by atoms with Crippen LogP contribution in [0, 0.1) is 0 Å². The number of hydrogen-bond acceptors (Lipinski definition) is 4. The maximum Gasteiger partial charge on any atom is 0.260 e. The Morgan fingerprint density at radius 3 is 2.57 bits per heavy atom. The van der Waals surface area contributed by atoms with E-state index in [0.717, 1.165) is 24.2 Å². The van der Waals surface area contributed by atoms with Gasteiger partial charge in [0.1, 0.15) is 5.75 Å². The normalized spacial score (nSPS) is 20.0. The summed E-state index contributed by atoms with van der Waals surface area (Å²) < 4.78 is 30.8. The molecule has 1 saturated heterocycles. The number of hydrogen-bond donors (Lipinski definition) is 0. The zero-order valence-electron chi connectivity index (χ0n) is 16.4. The van der Waals surface area contributed by atoms with Crippen LogP contribution >= 0.6 is 11.6 Å². The Bertz CT molecular complexity index is 793. The van der Waals surface area contributed by atoms with Gasteiger partial charge in [0.15, 0.2) is 6.61 Å². The molecular formula is C20H29ClN2O4S. The number of sulfonamides is 1. The quantitative estimate of drug-likeness (QED) is 0.721. The van der Waals surface area contributed by atoms with Gasteiger partial charge in [0.25, 0.3) is 5.91 Å². The SMILES string of the molecule is CS(=O)(=O)N1CCCN(C(=O)COc2ccc(Cl)cc2C2CCCCC2)CC1. The summed E-state index contributed by atoms with van der Waals surface area (Å²) in [6.45, 7) is 1.68. The lowest BCUT2D eigenvalue weighted by atomic mass is 9.84. The smallest absolute Gasteiger partial charge is 0.260 e. The molecule has 0 N–H and O–H groups in total. The van der Waals surface area contributed by atoms with E-state index in [9.17, 15) is 13.2 Å². The fourth-order valence-corrected chi connectivity index (χ4v) is 5.14. The summed E-state index contributed by atoms with van der Waals surface area (Å²) >= 11 is 6.20. The Labute approximate surface area is 172 Å². The lowest BCUT2D eigenvalue weighted by Gasteiger charge is -2.25. The van der Waals surface area contributed by atoms with Gasteiger partial charge in [-0.2, -0.15) is 0 Å². The Morgan fingerprint density at radius 1 is 1.11 bits per heavy atom. The highest BCUT2D eigenvalue weighted by Crippen LogP contribution is 2.38. The molecule has 1 amide bonds. The second-order valence-corrected chi connectivity index (χ2v) is 10.1. The molecule has 1 aliphatic carbocycles. The Kier molecular flexibility index (Phi) is 7.23. The monoisotopic (exact) mass is 428 g/mol. The standard InChI is InChI=1S/C20H29ClN2O4S/c1-28(25,26)23-11-5-10-22(12-13-23)20(24)15-27-19-9-8-17(21)14-18(19)16-6-3-2-4-7-16/h8-9,14,16H,2-7,10-13,15H2,1H3. The number of rotatable bonds is 5. The molecule has 28 heavy (non-hydrogen) atoms. The fraction of sp³-hybridized carbons (Fsp3) is 0.650. The van der Waals surface area contributed by atoms with E-state index in [1.54, 1.807) is 11.0 Å². The summed E-state index contributed by atoms with van der Waals surface area (Å²) in [5, 5.41) is 0.688. The van der Waals surface area contributed by atoms with E-state index in [2.05, 4.69) is 0 Å². The van der Waals surface area contributed by atoms with Gasteiger partial charge in [0, 0.05) is 31.2 Å². The van der Waals surface area contributed by atoms with Crippen LogP contribution < -0.4 is 4.74 Å². The zero-order chi connectivity index (χ0) is 20.1. The highest BCUT2D eigenvalue weighted by Gasteiger charge is 2.25. The zero-order valence-corrected chi connectivity index (χ0v) is 18.0. The van der Waals surface area contributed by atoms with Crippen molar-refractivity contribution in [1.29, 1.82) is 0 Å². The van der Waals surface area contributed by atoms with Crippen molar-refractivity contribution in [3.05, 3.63) is 28.8 Å². The van der Waals surface area contributed by atoms with Crippen molar-refractivity contribution < 1.29 is 17.9 Å². The van der Waals surface area contributed by atoms with Crippen LogP contribution in [0.2, 0.25) is 5.02 Å². The first-order valence-electron chi connectivity index (χ1n) is 10.00. The molecule has 0 spiro atoms. The molecule has 2 aliphatic rings. The molecule has 2 fully saturated rings. The van der Waals surface area contributed by atoms with Gasteiger partial charge in [0.05, 0.1) is 6.26 Å².